The van der Waals surface area contributed by atoms with Crippen molar-refractivity contribution < 1.29 is 19.4 Å². The van der Waals surface area contributed by atoms with Crippen LogP contribution in [0.4, 0.5) is 0 Å². The van der Waals surface area contributed by atoms with E-state index >= 15 is 0 Å². The lowest BCUT2D eigenvalue weighted by Crippen LogP contribution is -2.41. The fourth-order valence-corrected chi connectivity index (χ4v) is 1.31. The Labute approximate surface area is 102 Å². The number of carbonyl (C=O) groups is 2. The minimum absolute atomic E-state index is 0.0579. The molecule has 0 aliphatic carbocycles. The number of amides is 1. The molecule has 100 valence electrons. The summed E-state index contributed by atoms with van der Waals surface area (Å²) < 4.78 is 4.83. The predicted octanol–water partition coefficient (Wildman–Crippen LogP) is 0.110. The van der Waals surface area contributed by atoms with Gasteiger partial charge in [0.2, 0.25) is 5.91 Å². The van der Waals surface area contributed by atoms with E-state index in [0.29, 0.717) is 25.9 Å². The molecule has 0 radical (unpaired) electrons. The number of nitrogens with one attached hydrogen (secondary N) is 1. The summed E-state index contributed by atoms with van der Waals surface area (Å²) in [5.74, 6) is -1.29. The minimum Gasteiger partial charge on any atom is -0.480 e. The molecule has 1 amide bonds. The third-order valence-electron chi connectivity index (χ3n) is 2.30. The summed E-state index contributed by atoms with van der Waals surface area (Å²) in [6.07, 6.45) is 1.77. The van der Waals surface area contributed by atoms with Crippen LogP contribution >= 0.6 is 0 Å². The molecule has 2 unspecified atom stereocenters. The third-order valence-corrected chi connectivity index (χ3v) is 2.30. The standard InChI is InChI=1S/C11H22N2O4/c1-8(12)5-6-10(14)13-9(11(15)16)4-3-7-17-2/h8-9H,3-7,12H2,1-2H3,(H,13,14)(H,15,16). The largest absolute Gasteiger partial charge is 0.480 e. The first-order valence-corrected chi connectivity index (χ1v) is 5.74. The molecule has 0 spiro atoms. The maximum Gasteiger partial charge on any atom is 0.326 e. The van der Waals surface area contributed by atoms with Crippen molar-refractivity contribution in [2.45, 2.75) is 44.7 Å². The number of carbonyl (C=O) groups excluding carboxylic acids is 1. The average Bonchev–Trinajstić information content (AvgIpc) is 2.25. The van der Waals surface area contributed by atoms with Gasteiger partial charge >= 0.3 is 5.97 Å². The summed E-state index contributed by atoms with van der Waals surface area (Å²) in [5, 5.41) is 11.4. The van der Waals surface area contributed by atoms with Crippen LogP contribution < -0.4 is 11.1 Å². The summed E-state index contributed by atoms with van der Waals surface area (Å²) in [7, 11) is 1.55. The molecule has 0 saturated carbocycles. The summed E-state index contributed by atoms with van der Waals surface area (Å²) in [5.41, 5.74) is 5.52. The van der Waals surface area contributed by atoms with Gasteiger partial charge in [0.15, 0.2) is 0 Å². The van der Waals surface area contributed by atoms with Crippen molar-refractivity contribution in [1.82, 2.24) is 5.32 Å². The van der Waals surface area contributed by atoms with Crippen LogP contribution in [0.1, 0.15) is 32.6 Å². The molecule has 0 aliphatic heterocycles. The van der Waals surface area contributed by atoms with Gasteiger partial charge < -0.3 is 20.9 Å². The van der Waals surface area contributed by atoms with Crippen molar-refractivity contribution in [3.63, 3.8) is 0 Å². The molecule has 0 aliphatic rings. The van der Waals surface area contributed by atoms with E-state index in [4.69, 9.17) is 15.6 Å². The lowest BCUT2D eigenvalue weighted by Gasteiger charge is -2.14. The molecule has 2 atom stereocenters. The van der Waals surface area contributed by atoms with E-state index in [1.165, 1.54) is 0 Å². The quantitative estimate of drug-likeness (QED) is 0.501. The Balaban J connectivity index is 3.98. The summed E-state index contributed by atoms with van der Waals surface area (Å²) in [4.78, 5) is 22.3. The lowest BCUT2D eigenvalue weighted by molar-refractivity contribution is -0.142. The SMILES string of the molecule is COCCCC(NC(=O)CCC(C)N)C(=O)O. The van der Waals surface area contributed by atoms with Crippen LogP contribution in [0.2, 0.25) is 0 Å². The number of carboxylic acids is 1. The number of hydrogen-bond acceptors (Lipinski definition) is 4. The van der Waals surface area contributed by atoms with Crippen molar-refractivity contribution >= 4 is 11.9 Å². The fraction of sp³-hybridized carbons (Fsp3) is 0.818. The second-order valence-electron chi connectivity index (χ2n) is 4.11. The highest BCUT2D eigenvalue weighted by Gasteiger charge is 2.19. The maximum absolute atomic E-state index is 11.4. The van der Waals surface area contributed by atoms with Crippen molar-refractivity contribution in [2.75, 3.05) is 13.7 Å². The zero-order valence-corrected chi connectivity index (χ0v) is 10.4. The van der Waals surface area contributed by atoms with E-state index in [0.717, 1.165) is 0 Å². The van der Waals surface area contributed by atoms with E-state index in [2.05, 4.69) is 5.32 Å². The molecule has 4 N–H and O–H groups in total. The minimum atomic E-state index is -1.02. The summed E-state index contributed by atoms with van der Waals surface area (Å²) in [6.45, 7) is 2.29. The Bertz CT molecular complexity index is 244. The van der Waals surface area contributed by atoms with Gasteiger partial charge in [0, 0.05) is 26.2 Å². The fourth-order valence-electron chi connectivity index (χ4n) is 1.31. The van der Waals surface area contributed by atoms with Gasteiger partial charge in [-0.2, -0.15) is 0 Å². The zero-order chi connectivity index (χ0) is 13.3. The van der Waals surface area contributed by atoms with Crippen molar-refractivity contribution in [1.29, 1.82) is 0 Å². The number of nitrogens with two attached hydrogens (primary N) is 1. The van der Waals surface area contributed by atoms with Gasteiger partial charge in [-0.1, -0.05) is 0 Å². The van der Waals surface area contributed by atoms with Gasteiger partial charge in [0.1, 0.15) is 6.04 Å². The molecule has 0 rings (SSSR count). The van der Waals surface area contributed by atoms with E-state index < -0.39 is 12.0 Å². The monoisotopic (exact) mass is 246 g/mol. The summed E-state index contributed by atoms with van der Waals surface area (Å²) in [6, 6.07) is -0.900. The van der Waals surface area contributed by atoms with Crippen LogP contribution in [-0.4, -0.2) is 42.8 Å². The van der Waals surface area contributed by atoms with E-state index in [9.17, 15) is 9.59 Å². The van der Waals surface area contributed by atoms with Gasteiger partial charge in [-0.25, -0.2) is 4.79 Å². The first-order chi connectivity index (χ1) is 7.97. The Morgan fingerprint density at radius 2 is 2.06 bits per heavy atom. The van der Waals surface area contributed by atoms with Crippen LogP contribution in [0, 0.1) is 0 Å². The lowest BCUT2D eigenvalue weighted by atomic mass is 10.1. The highest BCUT2D eigenvalue weighted by atomic mass is 16.5. The average molecular weight is 246 g/mol. The third kappa shape index (κ3) is 8.65. The molecule has 6 heteroatoms. The molecule has 0 aromatic carbocycles. The number of hydrogen-bond donors (Lipinski definition) is 3. The number of methoxy groups -OCH3 is 1. The van der Waals surface area contributed by atoms with Gasteiger partial charge in [0.05, 0.1) is 0 Å². The summed E-state index contributed by atoms with van der Waals surface area (Å²) >= 11 is 0. The molecule has 0 heterocycles. The van der Waals surface area contributed by atoms with Gasteiger partial charge in [-0.15, -0.1) is 0 Å². The zero-order valence-electron chi connectivity index (χ0n) is 10.4. The second-order valence-corrected chi connectivity index (χ2v) is 4.11. The molecule has 0 aromatic rings. The molecule has 0 fully saturated rings. The topological polar surface area (TPSA) is 102 Å². The van der Waals surface area contributed by atoms with Gasteiger partial charge in [-0.3, -0.25) is 4.79 Å². The maximum atomic E-state index is 11.4. The van der Waals surface area contributed by atoms with Gasteiger partial charge in [-0.05, 0) is 26.2 Å². The number of rotatable bonds is 9. The van der Waals surface area contributed by atoms with Crippen LogP contribution in [0.3, 0.4) is 0 Å². The van der Waals surface area contributed by atoms with Crippen molar-refractivity contribution in [2.24, 2.45) is 5.73 Å². The van der Waals surface area contributed by atoms with E-state index in [1.54, 1.807) is 14.0 Å². The van der Waals surface area contributed by atoms with Crippen molar-refractivity contribution in [3.8, 4) is 0 Å². The van der Waals surface area contributed by atoms with E-state index in [1.807, 2.05) is 0 Å². The van der Waals surface area contributed by atoms with Gasteiger partial charge in [0.25, 0.3) is 0 Å². The number of aliphatic carboxylic acids is 1. The molecule has 0 saturated heterocycles. The highest BCUT2D eigenvalue weighted by Crippen LogP contribution is 2.00. The molecule has 0 aromatic heterocycles. The first-order valence-electron chi connectivity index (χ1n) is 5.74. The van der Waals surface area contributed by atoms with Crippen LogP contribution in [0.5, 0.6) is 0 Å². The Morgan fingerprint density at radius 3 is 2.53 bits per heavy atom. The highest BCUT2D eigenvalue weighted by molar-refractivity contribution is 5.83. The first kappa shape index (κ1) is 15.9. The smallest absolute Gasteiger partial charge is 0.326 e. The van der Waals surface area contributed by atoms with Crippen molar-refractivity contribution in [3.05, 3.63) is 0 Å². The van der Waals surface area contributed by atoms with Crippen LogP contribution in [0.15, 0.2) is 0 Å². The number of ether oxygens (including phenoxy) is 1. The molecular formula is C11H22N2O4. The van der Waals surface area contributed by atoms with E-state index in [-0.39, 0.29) is 18.4 Å². The predicted molar refractivity (Wildman–Crippen MR) is 63.6 cm³/mol. The van der Waals surface area contributed by atoms with Crippen LogP contribution in [-0.2, 0) is 14.3 Å². The molecule has 17 heavy (non-hydrogen) atoms. The Hall–Kier alpha value is -1.14. The Kier molecular flexibility index (Phi) is 8.35. The Morgan fingerprint density at radius 1 is 1.41 bits per heavy atom. The second kappa shape index (κ2) is 8.95. The normalized spacial score (nSPS) is 14.1. The molecular weight excluding hydrogens is 224 g/mol. The van der Waals surface area contributed by atoms with Crippen LogP contribution in [0.25, 0.3) is 0 Å². The molecule has 0 bridgehead atoms. The molecule has 6 nitrogen and oxygen atoms in total. The number of carboxylic acid groups (broad SMARTS) is 1.